The van der Waals surface area contributed by atoms with E-state index in [0.717, 1.165) is 17.7 Å². The van der Waals surface area contributed by atoms with E-state index in [1.807, 2.05) is 0 Å². The number of alkyl halides is 1. The second kappa shape index (κ2) is 5.57. The Hall–Kier alpha value is -0.740. The van der Waals surface area contributed by atoms with Crippen LogP contribution in [0.3, 0.4) is 0 Å². The number of rotatable bonds is 2. The monoisotopic (exact) mass is 356 g/mol. The molecular formula is C16H15BrF2S. The average molecular weight is 357 g/mol. The first-order valence-electron chi connectivity index (χ1n) is 6.77. The van der Waals surface area contributed by atoms with Crippen molar-refractivity contribution < 1.29 is 8.78 Å². The molecule has 20 heavy (non-hydrogen) atoms. The van der Waals surface area contributed by atoms with Gasteiger partial charge in [0.05, 0.1) is 4.83 Å². The van der Waals surface area contributed by atoms with Gasteiger partial charge in [0, 0.05) is 15.3 Å². The SMILES string of the molecule is Cc1cc(F)c(C(Br)c2cc3c(s2)CCCC3)cc1F. The number of halogens is 3. The standard InChI is InChI=1S/C16H15BrF2S/c1-9-6-13(19)11(8-12(9)18)16(17)15-7-10-4-2-3-5-14(10)20-15/h6-8,16H,2-5H2,1H3. The highest BCUT2D eigenvalue weighted by Gasteiger charge is 2.21. The fraction of sp³-hybridized carbons (Fsp3) is 0.375. The van der Waals surface area contributed by atoms with Crippen LogP contribution in [0.25, 0.3) is 0 Å². The van der Waals surface area contributed by atoms with Crippen molar-refractivity contribution in [2.75, 3.05) is 0 Å². The predicted octanol–water partition coefficient (Wildman–Crippen LogP) is 5.70. The molecule has 0 N–H and O–H groups in total. The first-order chi connectivity index (χ1) is 9.56. The molecule has 0 saturated heterocycles. The van der Waals surface area contributed by atoms with E-state index in [0.29, 0.717) is 11.1 Å². The van der Waals surface area contributed by atoms with Crippen LogP contribution in [-0.2, 0) is 12.8 Å². The molecule has 0 fully saturated rings. The van der Waals surface area contributed by atoms with Crippen LogP contribution in [-0.4, -0.2) is 0 Å². The Labute approximate surface area is 130 Å². The van der Waals surface area contributed by atoms with Crippen molar-refractivity contribution in [2.45, 2.75) is 37.4 Å². The van der Waals surface area contributed by atoms with E-state index in [4.69, 9.17) is 0 Å². The minimum Gasteiger partial charge on any atom is -0.207 e. The van der Waals surface area contributed by atoms with Gasteiger partial charge >= 0.3 is 0 Å². The molecule has 1 aliphatic carbocycles. The van der Waals surface area contributed by atoms with Gasteiger partial charge in [0.25, 0.3) is 0 Å². The van der Waals surface area contributed by atoms with Crippen LogP contribution in [0.5, 0.6) is 0 Å². The Balaban J connectivity index is 1.98. The van der Waals surface area contributed by atoms with Crippen LogP contribution in [0.2, 0.25) is 0 Å². The van der Waals surface area contributed by atoms with Crippen LogP contribution in [0.15, 0.2) is 18.2 Å². The zero-order valence-electron chi connectivity index (χ0n) is 11.2. The van der Waals surface area contributed by atoms with E-state index in [2.05, 4.69) is 22.0 Å². The van der Waals surface area contributed by atoms with Gasteiger partial charge in [-0.2, -0.15) is 0 Å². The molecule has 1 aromatic heterocycles. The molecule has 4 heteroatoms. The molecule has 3 rings (SSSR count). The Bertz CT molecular complexity index is 625. The second-order valence-electron chi connectivity index (χ2n) is 5.29. The third kappa shape index (κ3) is 2.56. The van der Waals surface area contributed by atoms with Crippen LogP contribution < -0.4 is 0 Å². The van der Waals surface area contributed by atoms with E-state index >= 15 is 0 Å². The molecular weight excluding hydrogens is 342 g/mol. The van der Waals surface area contributed by atoms with E-state index in [9.17, 15) is 8.78 Å². The number of benzene rings is 1. The van der Waals surface area contributed by atoms with E-state index in [1.54, 1.807) is 18.3 Å². The van der Waals surface area contributed by atoms with Crippen molar-refractivity contribution in [1.82, 2.24) is 0 Å². The Morgan fingerprint density at radius 1 is 1.10 bits per heavy atom. The molecule has 1 atom stereocenters. The van der Waals surface area contributed by atoms with Gasteiger partial charge in [-0.3, -0.25) is 0 Å². The van der Waals surface area contributed by atoms with Gasteiger partial charge in [-0.25, -0.2) is 8.78 Å². The molecule has 0 amide bonds. The smallest absolute Gasteiger partial charge is 0.128 e. The molecule has 2 aromatic rings. The summed E-state index contributed by atoms with van der Waals surface area (Å²) in [5, 5.41) is 0. The van der Waals surface area contributed by atoms with Gasteiger partial charge in [-0.05, 0) is 61.9 Å². The predicted molar refractivity (Wildman–Crippen MR) is 82.8 cm³/mol. The van der Waals surface area contributed by atoms with Crippen molar-refractivity contribution >= 4 is 27.3 Å². The normalized spacial score (nSPS) is 16.0. The number of thiophene rings is 1. The lowest BCUT2D eigenvalue weighted by molar-refractivity contribution is 0.581. The maximum absolute atomic E-state index is 14.1. The zero-order valence-corrected chi connectivity index (χ0v) is 13.6. The highest BCUT2D eigenvalue weighted by Crippen LogP contribution is 2.40. The summed E-state index contributed by atoms with van der Waals surface area (Å²) in [5.41, 5.74) is 2.11. The molecule has 1 aliphatic rings. The lowest BCUT2D eigenvalue weighted by Crippen LogP contribution is -1.98. The maximum Gasteiger partial charge on any atom is 0.128 e. The third-order valence-electron chi connectivity index (χ3n) is 3.82. The molecule has 0 aliphatic heterocycles. The van der Waals surface area contributed by atoms with Gasteiger partial charge in [-0.1, -0.05) is 15.9 Å². The van der Waals surface area contributed by atoms with Crippen LogP contribution in [0, 0.1) is 18.6 Å². The molecule has 1 unspecified atom stereocenters. The molecule has 0 nitrogen and oxygen atoms in total. The first-order valence-corrected chi connectivity index (χ1v) is 8.50. The zero-order chi connectivity index (χ0) is 14.3. The molecule has 1 aromatic carbocycles. The number of hydrogen-bond donors (Lipinski definition) is 0. The van der Waals surface area contributed by atoms with Crippen molar-refractivity contribution in [1.29, 1.82) is 0 Å². The van der Waals surface area contributed by atoms with Crippen molar-refractivity contribution in [2.24, 2.45) is 0 Å². The van der Waals surface area contributed by atoms with Crippen LogP contribution in [0.4, 0.5) is 8.78 Å². The lowest BCUT2D eigenvalue weighted by Gasteiger charge is -2.10. The largest absolute Gasteiger partial charge is 0.207 e. The van der Waals surface area contributed by atoms with E-state index in [-0.39, 0.29) is 16.5 Å². The Morgan fingerprint density at radius 3 is 2.60 bits per heavy atom. The highest BCUT2D eigenvalue weighted by atomic mass is 79.9. The summed E-state index contributed by atoms with van der Waals surface area (Å²) in [5.74, 6) is -0.704. The Morgan fingerprint density at radius 2 is 1.85 bits per heavy atom. The molecule has 0 radical (unpaired) electrons. The van der Waals surface area contributed by atoms with Crippen molar-refractivity contribution in [3.05, 3.63) is 56.3 Å². The van der Waals surface area contributed by atoms with Gasteiger partial charge in [0.2, 0.25) is 0 Å². The summed E-state index contributed by atoms with van der Waals surface area (Å²) in [4.78, 5) is 2.20. The van der Waals surface area contributed by atoms with Crippen LogP contribution >= 0.6 is 27.3 Å². The van der Waals surface area contributed by atoms with Gasteiger partial charge in [-0.15, -0.1) is 11.3 Å². The molecule has 1 heterocycles. The summed E-state index contributed by atoms with van der Waals surface area (Å²) >= 11 is 5.25. The highest BCUT2D eigenvalue weighted by molar-refractivity contribution is 9.09. The average Bonchev–Trinajstić information content (AvgIpc) is 2.86. The van der Waals surface area contributed by atoms with E-state index in [1.165, 1.54) is 35.4 Å². The summed E-state index contributed by atoms with van der Waals surface area (Å²) < 4.78 is 27.7. The van der Waals surface area contributed by atoms with Gasteiger partial charge < -0.3 is 0 Å². The summed E-state index contributed by atoms with van der Waals surface area (Å²) in [6.45, 7) is 1.58. The number of fused-ring (bicyclic) bond motifs is 1. The lowest BCUT2D eigenvalue weighted by atomic mass is 9.98. The third-order valence-corrected chi connectivity index (χ3v) is 6.41. The Kier molecular flexibility index (Phi) is 3.95. The van der Waals surface area contributed by atoms with Crippen molar-refractivity contribution in [3.8, 4) is 0 Å². The fourth-order valence-electron chi connectivity index (χ4n) is 2.65. The minimum atomic E-state index is -0.354. The quantitative estimate of drug-likeness (QED) is 0.605. The summed E-state index contributed by atoms with van der Waals surface area (Å²) in [7, 11) is 0. The first kappa shape index (κ1) is 14.2. The van der Waals surface area contributed by atoms with Gasteiger partial charge in [0.15, 0.2) is 0 Å². The fourth-order valence-corrected chi connectivity index (χ4v) is 4.67. The molecule has 106 valence electrons. The minimum absolute atomic E-state index is 0.270. The molecule has 0 bridgehead atoms. The topological polar surface area (TPSA) is 0 Å². The number of aryl methyl sites for hydroxylation is 3. The molecule has 0 spiro atoms. The van der Waals surface area contributed by atoms with Crippen LogP contribution in [0.1, 0.15) is 44.1 Å². The molecule has 0 saturated carbocycles. The van der Waals surface area contributed by atoms with Crippen molar-refractivity contribution in [3.63, 3.8) is 0 Å². The number of hydrogen-bond acceptors (Lipinski definition) is 1. The summed E-state index contributed by atoms with van der Waals surface area (Å²) in [6, 6.07) is 4.73. The van der Waals surface area contributed by atoms with Gasteiger partial charge in [0.1, 0.15) is 11.6 Å². The maximum atomic E-state index is 14.1. The summed E-state index contributed by atoms with van der Waals surface area (Å²) in [6.07, 6.45) is 4.68. The van der Waals surface area contributed by atoms with E-state index < -0.39 is 0 Å². The second-order valence-corrected chi connectivity index (χ2v) is 7.37.